The Hall–Kier alpha value is -1.26. The van der Waals surface area contributed by atoms with Gasteiger partial charge >= 0.3 is 0 Å². The first-order valence-corrected chi connectivity index (χ1v) is 5.95. The van der Waals surface area contributed by atoms with Crippen molar-refractivity contribution in [1.29, 1.82) is 0 Å². The molecule has 0 bridgehead atoms. The largest absolute Gasteiger partial charge is 0.494 e. The maximum atomic E-state index is 9.74. The van der Waals surface area contributed by atoms with Gasteiger partial charge in [-0.05, 0) is 31.2 Å². The molecule has 17 heavy (non-hydrogen) atoms. The molecule has 2 rings (SSSR count). The van der Waals surface area contributed by atoms with Crippen LogP contribution in [0.5, 0.6) is 11.5 Å². The molecule has 1 N–H and O–H groups in total. The van der Waals surface area contributed by atoms with E-state index in [1.165, 1.54) is 0 Å². The van der Waals surface area contributed by atoms with Crippen molar-refractivity contribution < 1.29 is 19.3 Å². The molecule has 1 aromatic rings. The first-order chi connectivity index (χ1) is 8.29. The van der Waals surface area contributed by atoms with Crippen LogP contribution in [0.3, 0.4) is 0 Å². The lowest BCUT2D eigenvalue weighted by Crippen LogP contribution is -2.40. The Labute approximate surface area is 101 Å². The van der Waals surface area contributed by atoms with Crippen LogP contribution in [0.2, 0.25) is 0 Å². The quantitative estimate of drug-likeness (QED) is 0.865. The zero-order valence-corrected chi connectivity index (χ0v) is 9.96. The van der Waals surface area contributed by atoms with E-state index in [0.29, 0.717) is 26.2 Å². The molecule has 1 aliphatic rings. The third-order valence-electron chi connectivity index (χ3n) is 2.69. The van der Waals surface area contributed by atoms with E-state index in [1.54, 1.807) is 0 Å². The first-order valence-electron chi connectivity index (χ1n) is 5.95. The maximum absolute atomic E-state index is 9.74. The minimum atomic E-state index is -0.449. The molecule has 0 amide bonds. The number of hydrogen-bond donors (Lipinski definition) is 1. The van der Waals surface area contributed by atoms with Gasteiger partial charge in [-0.25, -0.2) is 0 Å². The van der Waals surface area contributed by atoms with Gasteiger partial charge in [-0.3, -0.25) is 0 Å². The minimum Gasteiger partial charge on any atom is -0.494 e. The predicted octanol–water partition coefficient (Wildman–Crippen LogP) is 1.61. The molecule has 0 saturated carbocycles. The molecule has 1 saturated heterocycles. The summed E-state index contributed by atoms with van der Waals surface area (Å²) in [4.78, 5) is 0. The summed E-state index contributed by atoms with van der Waals surface area (Å²) < 4.78 is 16.3. The van der Waals surface area contributed by atoms with Crippen LogP contribution in [0.25, 0.3) is 0 Å². The van der Waals surface area contributed by atoms with Crippen molar-refractivity contribution in [3.05, 3.63) is 24.3 Å². The van der Waals surface area contributed by atoms with E-state index in [-0.39, 0.29) is 6.10 Å². The van der Waals surface area contributed by atoms with Gasteiger partial charge in [0.25, 0.3) is 0 Å². The number of ether oxygens (including phenoxy) is 3. The van der Waals surface area contributed by atoms with Gasteiger partial charge in [-0.2, -0.15) is 0 Å². The lowest BCUT2D eigenvalue weighted by atomic mass is 10.1. The van der Waals surface area contributed by atoms with Crippen molar-refractivity contribution in [3.63, 3.8) is 0 Å². The van der Waals surface area contributed by atoms with Gasteiger partial charge in [0.05, 0.1) is 19.3 Å². The van der Waals surface area contributed by atoms with E-state index < -0.39 is 6.10 Å². The molecule has 0 spiro atoms. The standard InChI is InChI=1S/C13H18O4/c1-2-16-10-3-5-11(6-4-10)17-13-9-15-8-7-12(13)14/h3-6,12-14H,2,7-9H2,1H3. The average molecular weight is 238 g/mol. The minimum absolute atomic E-state index is 0.276. The smallest absolute Gasteiger partial charge is 0.148 e. The van der Waals surface area contributed by atoms with Crippen LogP contribution < -0.4 is 9.47 Å². The van der Waals surface area contributed by atoms with Gasteiger partial charge in [-0.1, -0.05) is 0 Å². The Bertz CT molecular complexity index is 336. The van der Waals surface area contributed by atoms with Gasteiger partial charge in [-0.15, -0.1) is 0 Å². The average Bonchev–Trinajstić information content (AvgIpc) is 2.35. The molecule has 1 aromatic carbocycles. The van der Waals surface area contributed by atoms with Crippen LogP contribution in [0.1, 0.15) is 13.3 Å². The third kappa shape index (κ3) is 3.35. The Morgan fingerprint density at radius 3 is 2.65 bits per heavy atom. The van der Waals surface area contributed by atoms with E-state index in [1.807, 2.05) is 31.2 Å². The van der Waals surface area contributed by atoms with Gasteiger partial charge < -0.3 is 19.3 Å². The van der Waals surface area contributed by atoms with Crippen molar-refractivity contribution in [1.82, 2.24) is 0 Å². The van der Waals surface area contributed by atoms with E-state index in [0.717, 1.165) is 11.5 Å². The Balaban J connectivity index is 1.93. The summed E-state index contributed by atoms with van der Waals surface area (Å²) in [5.74, 6) is 1.54. The molecule has 1 aliphatic heterocycles. The second-order valence-corrected chi connectivity index (χ2v) is 3.99. The second-order valence-electron chi connectivity index (χ2n) is 3.99. The molecule has 4 heteroatoms. The summed E-state index contributed by atoms with van der Waals surface area (Å²) in [6, 6.07) is 7.39. The normalized spacial score (nSPS) is 24.4. The molecule has 0 aromatic heterocycles. The first kappa shape index (κ1) is 12.2. The van der Waals surface area contributed by atoms with Crippen LogP contribution in [0.15, 0.2) is 24.3 Å². The molecule has 1 heterocycles. The third-order valence-corrected chi connectivity index (χ3v) is 2.69. The van der Waals surface area contributed by atoms with E-state index >= 15 is 0 Å². The topological polar surface area (TPSA) is 47.9 Å². The number of benzene rings is 1. The van der Waals surface area contributed by atoms with Gasteiger partial charge in [0, 0.05) is 13.0 Å². The summed E-state index contributed by atoms with van der Waals surface area (Å²) in [5, 5.41) is 9.74. The van der Waals surface area contributed by atoms with Gasteiger partial charge in [0.15, 0.2) is 0 Å². The van der Waals surface area contributed by atoms with Gasteiger partial charge in [0.2, 0.25) is 0 Å². The SMILES string of the molecule is CCOc1ccc(OC2COCCC2O)cc1. The van der Waals surface area contributed by atoms with E-state index in [4.69, 9.17) is 14.2 Å². The summed E-state index contributed by atoms with van der Waals surface area (Å²) in [7, 11) is 0. The molecule has 2 atom stereocenters. The van der Waals surface area contributed by atoms with Crippen molar-refractivity contribution in [2.24, 2.45) is 0 Å². The highest BCUT2D eigenvalue weighted by molar-refractivity contribution is 5.31. The fraction of sp³-hybridized carbons (Fsp3) is 0.538. The highest BCUT2D eigenvalue weighted by atomic mass is 16.5. The van der Waals surface area contributed by atoms with Crippen LogP contribution in [0.4, 0.5) is 0 Å². The highest BCUT2D eigenvalue weighted by Gasteiger charge is 2.25. The molecule has 4 nitrogen and oxygen atoms in total. The zero-order chi connectivity index (χ0) is 12.1. The van der Waals surface area contributed by atoms with Crippen LogP contribution in [0, 0.1) is 0 Å². The summed E-state index contributed by atoms with van der Waals surface area (Å²) >= 11 is 0. The lowest BCUT2D eigenvalue weighted by Gasteiger charge is -2.28. The van der Waals surface area contributed by atoms with Crippen LogP contribution in [-0.2, 0) is 4.74 Å². The Morgan fingerprint density at radius 2 is 2.00 bits per heavy atom. The number of aliphatic hydroxyl groups excluding tert-OH is 1. The van der Waals surface area contributed by atoms with Crippen LogP contribution >= 0.6 is 0 Å². The molecule has 2 unspecified atom stereocenters. The second kappa shape index (κ2) is 5.89. The highest BCUT2D eigenvalue weighted by Crippen LogP contribution is 2.21. The van der Waals surface area contributed by atoms with Crippen molar-refractivity contribution >= 4 is 0 Å². The maximum Gasteiger partial charge on any atom is 0.148 e. The van der Waals surface area contributed by atoms with Crippen LogP contribution in [-0.4, -0.2) is 37.1 Å². The Morgan fingerprint density at radius 1 is 1.29 bits per heavy atom. The predicted molar refractivity (Wildman–Crippen MR) is 63.5 cm³/mol. The van der Waals surface area contributed by atoms with Crippen molar-refractivity contribution in [3.8, 4) is 11.5 Å². The van der Waals surface area contributed by atoms with Gasteiger partial charge in [0.1, 0.15) is 17.6 Å². The molecule has 94 valence electrons. The van der Waals surface area contributed by atoms with Crippen molar-refractivity contribution in [2.45, 2.75) is 25.6 Å². The molecule has 0 radical (unpaired) electrons. The summed E-state index contributed by atoms with van der Waals surface area (Å²) in [6.07, 6.45) is -0.0983. The van der Waals surface area contributed by atoms with E-state index in [9.17, 15) is 5.11 Å². The van der Waals surface area contributed by atoms with Crippen molar-refractivity contribution in [2.75, 3.05) is 19.8 Å². The summed E-state index contributed by atoms with van der Waals surface area (Å²) in [5.41, 5.74) is 0. The number of aliphatic hydroxyl groups is 1. The molecule has 0 aliphatic carbocycles. The Kier molecular flexibility index (Phi) is 4.23. The molecule has 1 fully saturated rings. The molecular formula is C13H18O4. The monoisotopic (exact) mass is 238 g/mol. The fourth-order valence-corrected chi connectivity index (χ4v) is 1.77. The number of hydrogen-bond acceptors (Lipinski definition) is 4. The molecular weight excluding hydrogens is 220 g/mol. The van der Waals surface area contributed by atoms with E-state index in [2.05, 4.69) is 0 Å². The lowest BCUT2D eigenvalue weighted by molar-refractivity contribution is -0.0735. The fourth-order valence-electron chi connectivity index (χ4n) is 1.77. The zero-order valence-electron chi connectivity index (χ0n) is 9.96. The number of rotatable bonds is 4. The summed E-state index contributed by atoms with van der Waals surface area (Å²) in [6.45, 7) is 3.63.